The lowest BCUT2D eigenvalue weighted by molar-refractivity contribution is -0.141. The summed E-state index contributed by atoms with van der Waals surface area (Å²) in [6, 6.07) is 10.3. The quantitative estimate of drug-likeness (QED) is 0.555. The monoisotopic (exact) mass is 501 g/mol. The molecule has 0 saturated carbocycles. The second-order valence-corrected chi connectivity index (χ2v) is 9.97. The lowest BCUT2D eigenvalue weighted by Crippen LogP contribution is -2.50. The number of carbonyl (C=O) groups excluding carboxylic acids is 4. The van der Waals surface area contributed by atoms with Gasteiger partial charge in [0.1, 0.15) is 12.1 Å². The molecule has 0 radical (unpaired) electrons. The maximum absolute atomic E-state index is 12.3. The highest BCUT2D eigenvalue weighted by molar-refractivity contribution is 5.90. The Morgan fingerprint density at radius 2 is 1.69 bits per heavy atom. The summed E-state index contributed by atoms with van der Waals surface area (Å²) in [4.78, 5) is 48.9. The van der Waals surface area contributed by atoms with Gasteiger partial charge in [0.05, 0.1) is 12.6 Å². The lowest BCUT2D eigenvalue weighted by Gasteiger charge is -2.26. The molecule has 2 rings (SSSR count). The third kappa shape index (κ3) is 12.9. The number of nitrogens with one attached hydrogen (secondary N) is 2. The first-order chi connectivity index (χ1) is 16.8. The summed E-state index contributed by atoms with van der Waals surface area (Å²) in [6.07, 6.45) is 1.33. The fourth-order valence-corrected chi connectivity index (χ4v) is 3.19. The molecule has 1 aromatic rings. The molecule has 0 aromatic heterocycles. The maximum Gasteiger partial charge on any atom is 0.245 e. The maximum atomic E-state index is 12.3. The minimum atomic E-state index is -0.688. The zero-order valence-electron chi connectivity index (χ0n) is 22.9. The Hall–Kier alpha value is -3.41. The summed E-state index contributed by atoms with van der Waals surface area (Å²) < 4.78 is 0. The number of rotatable bonds is 7. The fourth-order valence-electron chi connectivity index (χ4n) is 3.19. The number of likely N-dealkylation sites (N-methyl/N-ethyl adjacent to an activating group) is 1. The predicted molar refractivity (Wildman–Crippen MR) is 142 cm³/mol. The van der Waals surface area contributed by atoms with Crippen LogP contribution in [-0.4, -0.2) is 66.2 Å². The Bertz CT molecular complexity index is 864. The second-order valence-electron chi connectivity index (χ2n) is 9.97. The molecule has 4 amide bonds. The summed E-state index contributed by atoms with van der Waals surface area (Å²) in [5.74, 6) is 0.143. The Morgan fingerprint density at radius 3 is 2.17 bits per heavy atom. The number of benzene rings is 1. The molecule has 9 nitrogen and oxygen atoms in total. The van der Waals surface area contributed by atoms with Gasteiger partial charge in [-0.3, -0.25) is 19.2 Å². The highest BCUT2D eigenvalue weighted by atomic mass is 16.2. The summed E-state index contributed by atoms with van der Waals surface area (Å²) in [6.45, 7) is 14.0. The number of para-hydroxylation sites is 1. The Labute approximate surface area is 216 Å². The molecule has 1 fully saturated rings. The molecule has 1 aromatic carbocycles. The molecular formula is C27H43N5O4. The lowest BCUT2D eigenvalue weighted by atomic mass is 10.1. The van der Waals surface area contributed by atoms with Gasteiger partial charge < -0.3 is 20.4 Å². The van der Waals surface area contributed by atoms with Crippen LogP contribution in [0.3, 0.4) is 0 Å². The number of nitriles is 1. The van der Waals surface area contributed by atoms with Gasteiger partial charge in [-0.25, -0.2) is 0 Å². The van der Waals surface area contributed by atoms with Crippen molar-refractivity contribution in [3.8, 4) is 6.07 Å². The first kappa shape index (κ1) is 32.6. The summed E-state index contributed by atoms with van der Waals surface area (Å²) >= 11 is 0. The number of hydrogen-bond acceptors (Lipinski definition) is 5. The molecule has 1 saturated heterocycles. The van der Waals surface area contributed by atoms with E-state index in [1.165, 1.54) is 16.8 Å². The van der Waals surface area contributed by atoms with Crippen molar-refractivity contribution in [3.63, 3.8) is 0 Å². The fraction of sp³-hybridized carbons (Fsp3) is 0.593. The largest absolute Gasteiger partial charge is 0.344 e. The van der Waals surface area contributed by atoms with E-state index in [0.29, 0.717) is 19.4 Å². The number of hydrogen-bond donors (Lipinski definition) is 2. The van der Waals surface area contributed by atoms with E-state index in [4.69, 9.17) is 5.26 Å². The van der Waals surface area contributed by atoms with Gasteiger partial charge in [-0.15, -0.1) is 0 Å². The van der Waals surface area contributed by atoms with Gasteiger partial charge in [-0.1, -0.05) is 59.7 Å². The van der Waals surface area contributed by atoms with Crippen molar-refractivity contribution in [2.75, 3.05) is 25.5 Å². The van der Waals surface area contributed by atoms with Crippen LogP contribution in [0.5, 0.6) is 0 Å². The van der Waals surface area contributed by atoms with Crippen molar-refractivity contribution >= 4 is 29.8 Å². The second kappa shape index (κ2) is 17.1. The number of amides is 4. The van der Waals surface area contributed by atoms with Gasteiger partial charge in [0.2, 0.25) is 24.1 Å². The van der Waals surface area contributed by atoms with Gasteiger partial charge >= 0.3 is 0 Å². The van der Waals surface area contributed by atoms with E-state index in [9.17, 15) is 19.2 Å². The summed E-state index contributed by atoms with van der Waals surface area (Å²) in [7, 11) is 1.53. The number of anilines is 1. The van der Waals surface area contributed by atoms with Gasteiger partial charge in [0.25, 0.3) is 0 Å². The number of likely N-dealkylation sites (tertiary alicyclic amines) is 1. The zero-order valence-corrected chi connectivity index (χ0v) is 22.9. The standard InChI is InChI=1S/C16H26N4O3.C7H7NO.C4H10/c1-10(2)15(22)18-12(4)16(23)19(5)9-14(21)20-8-11(3)6-13(20)7-17;9-6-8-7-4-2-1-3-5-7;1-4(2)3/h10-13H,6,8-9H2,1-5H3,(H,18,22);1-6H,(H,8,9);4H,1-3H3. The van der Waals surface area contributed by atoms with E-state index < -0.39 is 12.1 Å². The van der Waals surface area contributed by atoms with Crippen molar-refractivity contribution in [3.05, 3.63) is 30.3 Å². The van der Waals surface area contributed by atoms with Crippen molar-refractivity contribution in [1.29, 1.82) is 5.26 Å². The van der Waals surface area contributed by atoms with Crippen LogP contribution in [0.1, 0.15) is 54.9 Å². The molecule has 36 heavy (non-hydrogen) atoms. The van der Waals surface area contributed by atoms with Crippen LogP contribution in [0.15, 0.2) is 30.3 Å². The van der Waals surface area contributed by atoms with Crippen LogP contribution < -0.4 is 10.6 Å². The smallest absolute Gasteiger partial charge is 0.245 e. The average molecular weight is 502 g/mol. The minimum absolute atomic E-state index is 0.0916. The van der Waals surface area contributed by atoms with Crippen molar-refractivity contribution in [2.45, 2.75) is 67.0 Å². The molecule has 0 spiro atoms. The van der Waals surface area contributed by atoms with E-state index in [1.54, 1.807) is 20.8 Å². The molecule has 1 aliphatic rings. The molecule has 1 aliphatic heterocycles. The average Bonchev–Trinajstić information content (AvgIpc) is 3.20. The van der Waals surface area contributed by atoms with E-state index in [0.717, 1.165) is 11.6 Å². The third-order valence-electron chi connectivity index (χ3n) is 4.98. The number of carbonyl (C=O) groups is 4. The normalized spacial score (nSPS) is 17.0. The Morgan fingerprint density at radius 1 is 1.14 bits per heavy atom. The highest BCUT2D eigenvalue weighted by Crippen LogP contribution is 2.22. The minimum Gasteiger partial charge on any atom is -0.344 e. The SMILES string of the molecule is CC(C)C.CC1CC(C#N)N(C(=O)CN(C)C(=O)C(C)NC(=O)C(C)C)C1.O=CNc1ccccc1. The first-order valence-electron chi connectivity index (χ1n) is 12.3. The number of nitrogens with zero attached hydrogens (tertiary/aromatic N) is 3. The van der Waals surface area contributed by atoms with Gasteiger partial charge in [0.15, 0.2) is 0 Å². The topological polar surface area (TPSA) is 123 Å². The van der Waals surface area contributed by atoms with E-state index >= 15 is 0 Å². The van der Waals surface area contributed by atoms with Crippen molar-refractivity contribution < 1.29 is 19.2 Å². The van der Waals surface area contributed by atoms with Crippen LogP contribution in [0, 0.1) is 29.1 Å². The molecule has 9 heteroatoms. The van der Waals surface area contributed by atoms with Crippen molar-refractivity contribution in [2.24, 2.45) is 17.8 Å². The summed E-state index contributed by atoms with van der Waals surface area (Å²) in [5.41, 5.74) is 0.826. The van der Waals surface area contributed by atoms with Gasteiger partial charge in [-0.2, -0.15) is 5.26 Å². The van der Waals surface area contributed by atoms with Crippen LogP contribution in [0.4, 0.5) is 5.69 Å². The Kier molecular flexibility index (Phi) is 15.5. The van der Waals surface area contributed by atoms with Gasteiger partial charge in [-0.05, 0) is 37.3 Å². The third-order valence-corrected chi connectivity index (χ3v) is 4.98. The van der Waals surface area contributed by atoms with E-state index in [-0.39, 0.29) is 36.1 Å². The zero-order chi connectivity index (χ0) is 27.8. The highest BCUT2D eigenvalue weighted by Gasteiger charge is 2.34. The van der Waals surface area contributed by atoms with Crippen LogP contribution >= 0.6 is 0 Å². The molecule has 0 bridgehead atoms. The molecule has 3 atom stereocenters. The predicted octanol–water partition coefficient (Wildman–Crippen LogP) is 3.28. The molecule has 2 N–H and O–H groups in total. The molecule has 3 unspecified atom stereocenters. The van der Waals surface area contributed by atoms with Crippen LogP contribution in [0.25, 0.3) is 0 Å². The summed E-state index contributed by atoms with van der Waals surface area (Å²) in [5, 5.41) is 14.3. The van der Waals surface area contributed by atoms with Crippen molar-refractivity contribution in [1.82, 2.24) is 15.1 Å². The molecule has 200 valence electrons. The van der Waals surface area contributed by atoms with Gasteiger partial charge in [0, 0.05) is 25.2 Å². The first-order valence-corrected chi connectivity index (χ1v) is 12.3. The molecular weight excluding hydrogens is 458 g/mol. The Balaban J connectivity index is 0.000000769. The van der Waals surface area contributed by atoms with Crippen LogP contribution in [0.2, 0.25) is 0 Å². The molecule has 1 heterocycles. The van der Waals surface area contributed by atoms with Crippen LogP contribution in [-0.2, 0) is 19.2 Å². The van der Waals surface area contributed by atoms with E-state index in [2.05, 4.69) is 37.5 Å². The van der Waals surface area contributed by atoms with E-state index in [1.807, 2.05) is 37.3 Å². The molecule has 0 aliphatic carbocycles.